The monoisotopic (exact) mass is 427 g/mol. The predicted octanol–water partition coefficient (Wildman–Crippen LogP) is 4.42. The van der Waals surface area contributed by atoms with Crippen LogP contribution in [0.2, 0.25) is 0 Å². The van der Waals surface area contributed by atoms with Crippen molar-refractivity contribution in [3.63, 3.8) is 0 Å². The third-order valence-corrected chi connectivity index (χ3v) is 4.61. The Labute approximate surface area is 183 Å². The van der Waals surface area contributed by atoms with E-state index < -0.39 is 18.0 Å². The number of carbonyl (C=O) groups excluding carboxylic acids is 2. The Morgan fingerprint density at radius 2 is 1.48 bits per heavy atom. The van der Waals surface area contributed by atoms with Crippen LogP contribution >= 0.6 is 0 Å². The minimum absolute atomic E-state index is 0.405. The van der Waals surface area contributed by atoms with Gasteiger partial charge in [0.1, 0.15) is 0 Å². The quantitative estimate of drug-likeness (QED) is 0.471. The highest BCUT2D eigenvalue weighted by molar-refractivity contribution is 5.96. The first-order valence-electron chi connectivity index (χ1n) is 9.88. The molecule has 0 saturated carbocycles. The standard InChI is InChI=1S/C24H29NO6/c1-15(2)18-8-10-19(11-9-18)25-24(27)16(3)31-22(26)12-7-17-13-20(28-4)23(30-6)21(14-17)29-5/h7-16H,1-6H3,(H,25,27)/b12-7+/t16-/m0/s1. The van der Waals surface area contributed by atoms with Gasteiger partial charge >= 0.3 is 5.97 Å². The molecule has 1 atom stereocenters. The molecule has 0 aromatic heterocycles. The lowest BCUT2D eigenvalue weighted by atomic mass is 10.0. The van der Waals surface area contributed by atoms with Crippen LogP contribution in [-0.4, -0.2) is 39.3 Å². The molecule has 2 aromatic rings. The number of methoxy groups -OCH3 is 3. The van der Waals surface area contributed by atoms with Crippen molar-refractivity contribution in [1.82, 2.24) is 0 Å². The lowest BCUT2D eigenvalue weighted by molar-refractivity contribution is -0.148. The smallest absolute Gasteiger partial charge is 0.331 e. The van der Waals surface area contributed by atoms with Gasteiger partial charge in [-0.25, -0.2) is 4.79 Å². The summed E-state index contributed by atoms with van der Waals surface area (Å²) in [5.41, 5.74) is 2.47. The van der Waals surface area contributed by atoms with Gasteiger partial charge in [0.05, 0.1) is 21.3 Å². The zero-order valence-corrected chi connectivity index (χ0v) is 18.7. The zero-order chi connectivity index (χ0) is 23.0. The molecule has 0 saturated heterocycles. The summed E-state index contributed by atoms with van der Waals surface area (Å²) in [6.07, 6.45) is 1.83. The molecule has 0 fully saturated rings. The summed E-state index contributed by atoms with van der Waals surface area (Å²) in [5, 5.41) is 2.74. The molecule has 0 spiro atoms. The first kappa shape index (κ1) is 23.8. The third kappa shape index (κ3) is 6.50. The van der Waals surface area contributed by atoms with Crippen molar-refractivity contribution in [3.8, 4) is 17.2 Å². The van der Waals surface area contributed by atoms with Crippen LogP contribution in [0.1, 0.15) is 37.8 Å². The van der Waals surface area contributed by atoms with Crippen LogP contribution in [0.3, 0.4) is 0 Å². The summed E-state index contributed by atoms with van der Waals surface area (Å²) in [6.45, 7) is 5.71. The molecule has 0 bridgehead atoms. The summed E-state index contributed by atoms with van der Waals surface area (Å²) in [6, 6.07) is 11.0. The molecule has 2 aromatic carbocycles. The van der Waals surface area contributed by atoms with E-state index in [1.165, 1.54) is 39.9 Å². The molecular weight excluding hydrogens is 398 g/mol. The molecule has 0 aliphatic carbocycles. The van der Waals surface area contributed by atoms with Crippen LogP contribution in [0.5, 0.6) is 17.2 Å². The van der Waals surface area contributed by atoms with Crippen molar-refractivity contribution in [2.24, 2.45) is 0 Å². The van der Waals surface area contributed by atoms with E-state index in [0.29, 0.717) is 34.4 Å². The molecule has 7 heteroatoms. The molecule has 0 radical (unpaired) electrons. The van der Waals surface area contributed by atoms with Gasteiger partial charge < -0.3 is 24.3 Å². The Hall–Kier alpha value is -3.48. The average molecular weight is 427 g/mol. The fourth-order valence-corrected chi connectivity index (χ4v) is 2.82. The van der Waals surface area contributed by atoms with E-state index in [1.807, 2.05) is 24.3 Å². The number of esters is 1. The highest BCUT2D eigenvalue weighted by atomic mass is 16.5. The van der Waals surface area contributed by atoms with Gasteiger partial charge in [-0.05, 0) is 54.3 Å². The van der Waals surface area contributed by atoms with Crippen LogP contribution < -0.4 is 19.5 Å². The molecule has 1 N–H and O–H groups in total. The Morgan fingerprint density at radius 3 is 1.97 bits per heavy atom. The number of hydrogen-bond donors (Lipinski definition) is 1. The maximum atomic E-state index is 12.3. The molecule has 2 rings (SSSR count). The van der Waals surface area contributed by atoms with E-state index in [9.17, 15) is 9.59 Å². The van der Waals surface area contributed by atoms with Gasteiger partial charge in [0.15, 0.2) is 17.6 Å². The number of nitrogens with one attached hydrogen (secondary N) is 1. The topological polar surface area (TPSA) is 83.1 Å². The minimum atomic E-state index is -0.957. The Balaban J connectivity index is 1.99. The van der Waals surface area contributed by atoms with Crippen molar-refractivity contribution in [2.45, 2.75) is 32.8 Å². The van der Waals surface area contributed by atoms with Gasteiger partial charge in [0.2, 0.25) is 5.75 Å². The molecule has 0 heterocycles. The van der Waals surface area contributed by atoms with Crippen LogP contribution in [0.4, 0.5) is 5.69 Å². The number of ether oxygens (including phenoxy) is 4. The van der Waals surface area contributed by atoms with Gasteiger partial charge in [-0.3, -0.25) is 4.79 Å². The maximum Gasteiger partial charge on any atom is 0.331 e. The lowest BCUT2D eigenvalue weighted by Gasteiger charge is -2.14. The third-order valence-electron chi connectivity index (χ3n) is 4.61. The minimum Gasteiger partial charge on any atom is -0.493 e. The van der Waals surface area contributed by atoms with E-state index in [2.05, 4.69) is 19.2 Å². The maximum absolute atomic E-state index is 12.3. The van der Waals surface area contributed by atoms with E-state index in [0.717, 1.165) is 0 Å². The normalized spacial score (nSPS) is 11.8. The van der Waals surface area contributed by atoms with Crippen LogP contribution in [0, 0.1) is 0 Å². The van der Waals surface area contributed by atoms with E-state index in [1.54, 1.807) is 18.2 Å². The summed E-state index contributed by atoms with van der Waals surface area (Å²) in [5.74, 6) is 0.731. The number of anilines is 1. The summed E-state index contributed by atoms with van der Waals surface area (Å²) in [4.78, 5) is 24.5. The molecule has 7 nitrogen and oxygen atoms in total. The predicted molar refractivity (Wildman–Crippen MR) is 120 cm³/mol. The van der Waals surface area contributed by atoms with Crippen LogP contribution in [-0.2, 0) is 14.3 Å². The fourth-order valence-electron chi connectivity index (χ4n) is 2.82. The number of hydrogen-bond acceptors (Lipinski definition) is 6. The van der Waals surface area contributed by atoms with Gasteiger partial charge in [-0.2, -0.15) is 0 Å². The largest absolute Gasteiger partial charge is 0.493 e. The molecule has 0 aliphatic rings. The van der Waals surface area contributed by atoms with Gasteiger partial charge in [0, 0.05) is 11.8 Å². The first-order valence-corrected chi connectivity index (χ1v) is 9.88. The second kappa shape index (κ2) is 11.1. The van der Waals surface area contributed by atoms with E-state index in [-0.39, 0.29) is 0 Å². The fraction of sp³-hybridized carbons (Fsp3) is 0.333. The molecule has 31 heavy (non-hydrogen) atoms. The Morgan fingerprint density at radius 1 is 0.903 bits per heavy atom. The van der Waals surface area contributed by atoms with Crippen LogP contribution in [0.15, 0.2) is 42.5 Å². The number of carbonyl (C=O) groups is 2. The molecule has 0 aliphatic heterocycles. The summed E-state index contributed by atoms with van der Waals surface area (Å²) in [7, 11) is 4.53. The highest BCUT2D eigenvalue weighted by Crippen LogP contribution is 2.38. The Kier molecular flexibility index (Phi) is 8.49. The van der Waals surface area contributed by atoms with Crippen molar-refractivity contribution in [1.29, 1.82) is 0 Å². The van der Waals surface area contributed by atoms with Gasteiger partial charge in [0.25, 0.3) is 5.91 Å². The van der Waals surface area contributed by atoms with E-state index >= 15 is 0 Å². The second-order valence-electron chi connectivity index (χ2n) is 7.14. The molecule has 166 valence electrons. The lowest BCUT2D eigenvalue weighted by Crippen LogP contribution is -2.29. The zero-order valence-electron chi connectivity index (χ0n) is 18.7. The SMILES string of the molecule is COc1cc(/C=C/C(=O)O[C@@H](C)C(=O)Nc2ccc(C(C)C)cc2)cc(OC)c1OC. The summed E-state index contributed by atoms with van der Waals surface area (Å²) < 4.78 is 21.1. The highest BCUT2D eigenvalue weighted by Gasteiger charge is 2.17. The number of benzene rings is 2. The van der Waals surface area contributed by atoms with Gasteiger partial charge in [-0.1, -0.05) is 26.0 Å². The van der Waals surface area contributed by atoms with Crippen molar-refractivity contribution < 1.29 is 28.5 Å². The average Bonchev–Trinajstić information content (AvgIpc) is 2.76. The van der Waals surface area contributed by atoms with Crippen LogP contribution in [0.25, 0.3) is 6.08 Å². The molecule has 0 unspecified atom stereocenters. The summed E-state index contributed by atoms with van der Waals surface area (Å²) >= 11 is 0. The van der Waals surface area contributed by atoms with Crippen molar-refractivity contribution in [3.05, 3.63) is 53.6 Å². The van der Waals surface area contributed by atoms with Crippen molar-refractivity contribution in [2.75, 3.05) is 26.6 Å². The number of amides is 1. The van der Waals surface area contributed by atoms with Crippen molar-refractivity contribution >= 4 is 23.6 Å². The van der Waals surface area contributed by atoms with Gasteiger partial charge in [-0.15, -0.1) is 0 Å². The first-order chi connectivity index (χ1) is 14.8. The number of rotatable bonds is 9. The molecular formula is C24H29NO6. The second-order valence-corrected chi connectivity index (χ2v) is 7.14. The molecule has 1 amide bonds. The Bertz CT molecular complexity index is 909. The van der Waals surface area contributed by atoms with E-state index in [4.69, 9.17) is 18.9 Å².